The zero-order chi connectivity index (χ0) is 18.6. The van der Waals surface area contributed by atoms with Gasteiger partial charge < -0.3 is 14.0 Å². The fraction of sp³-hybridized carbons (Fsp3) is 0.273. The summed E-state index contributed by atoms with van der Waals surface area (Å²) < 4.78 is 27.6. The second-order valence-corrected chi connectivity index (χ2v) is 6.55. The third-order valence-corrected chi connectivity index (χ3v) is 5.02. The molecule has 27 heavy (non-hydrogen) atoms. The first-order chi connectivity index (χ1) is 13.3. The number of aromatic nitrogens is 1. The third-order valence-electron chi connectivity index (χ3n) is 5.02. The molecule has 140 valence electrons. The molecule has 4 nitrogen and oxygen atoms in total. The fourth-order valence-electron chi connectivity index (χ4n) is 3.75. The maximum absolute atomic E-state index is 14.5. The zero-order valence-corrected chi connectivity index (χ0v) is 15.3. The van der Waals surface area contributed by atoms with E-state index < -0.39 is 0 Å². The molecule has 0 N–H and O–H groups in total. The summed E-state index contributed by atoms with van der Waals surface area (Å²) in [6.07, 6.45) is 1.91. The normalized spacial score (nSPS) is 16.2. The number of ether oxygens (including phenoxy) is 2. The molecule has 0 aliphatic carbocycles. The van der Waals surface area contributed by atoms with Crippen LogP contribution in [0.25, 0.3) is 5.69 Å². The molecule has 0 radical (unpaired) electrons. The summed E-state index contributed by atoms with van der Waals surface area (Å²) in [6, 6.07) is 18.9. The molecule has 1 fully saturated rings. The van der Waals surface area contributed by atoms with E-state index in [1.165, 1.54) is 6.07 Å². The van der Waals surface area contributed by atoms with Crippen molar-refractivity contribution in [2.45, 2.75) is 6.04 Å². The highest BCUT2D eigenvalue weighted by molar-refractivity contribution is 5.44. The summed E-state index contributed by atoms with van der Waals surface area (Å²) in [7, 11) is 1.69. The number of hydrogen-bond donors (Lipinski definition) is 0. The van der Waals surface area contributed by atoms with E-state index in [4.69, 9.17) is 9.47 Å². The first kappa shape index (κ1) is 17.8. The van der Waals surface area contributed by atoms with Crippen molar-refractivity contribution < 1.29 is 13.9 Å². The topological polar surface area (TPSA) is 26.6 Å². The SMILES string of the molecule is COc1ccccc1C(c1cccn1-c1ccccc1F)N1CCOCC1. The van der Waals surface area contributed by atoms with Crippen LogP contribution >= 0.6 is 0 Å². The van der Waals surface area contributed by atoms with Crippen LogP contribution in [0.1, 0.15) is 17.3 Å². The molecule has 5 heteroatoms. The maximum atomic E-state index is 14.5. The van der Waals surface area contributed by atoms with Gasteiger partial charge in [-0.1, -0.05) is 30.3 Å². The fourth-order valence-corrected chi connectivity index (χ4v) is 3.75. The molecule has 4 rings (SSSR count). The highest BCUT2D eigenvalue weighted by atomic mass is 19.1. The molecule has 1 aromatic heterocycles. The molecule has 1 atom stereocenters. The Hall–Kier alpha value is -2.63. The number of nitrogens with zero attached hydrogens (tertiary/aromatic N) is 2. The van der Waals surface area contributed by atoms with E-state index >= 15 is 0 Å². The molecule has 2 aromatic carbocycles. The van der Waals surface area contributed by atoms with E-state index in [1.807, 2.05) is 41.1 Å². The summed E-state index contributed by atoms with van der Waals surface area (Å²) in [5.74, 6) is 0.589. The van der Waals surface area contributed by atoms with E-state index in [1.54, 1.807) is 19.2 Å². The maximum Gasteiger partial charge on any atom is 0.147 e. The van der Waals surface area contributed by atoms with Gasteiger partial charge in [-0.3, -0.25) is 4.90 Å². The average molecular weight is 366 g/mol. The van der Waals surface area contributed by atoms with Crippen molar-refractivity contribution in [3.05, 3.63) is 83.9 Å². The van der Waals surface area contributed by atoms with Gasteiger partial charge in [0.25, 0.3) is 0 Å². The monoisotopic (exact) mass is 366 g/mol. The summed E-state index contributed by atoms with van der Waals surface area (Å²) in [6.45, 7) is 2.99. The van der Waals surface area contributed by atoms with Crippen molar-refractivity contribution in [2.24, 2.45) is 0 Å². The van der Waals surface area contributed by atoms with E-state index in [2.05, 4.69) is 17.0 Å². The molecule has 0 bridgehead atoms. The number of hydrogen-bond acceptors (Lipinski definition) is 3. The van der Waals surface area contributed by atoms with Gasteiger partial charge in [-0.25, -0.2) is 4.39 Å². The number of rotatable bonds is 5. The van der Waals surface area contributed by atoms with Gasteiger partial charge in [0.05, 0.1) is 32.1 Å². The highest BCUT2D eigenvalue weighted by Gasteiger charge is 2.29. The van der Waals surface area contributed by atoms with E-state index in [0.29, 0.717) is 18.9 Å². The number of halogens is 1. The quantitative estimate of drug-likeness (QED) is 0.682. The summed E-state index contributed by atoms with van der Waals surface area (Å²) in [5.41, 5.74) is 2.62. The molecule has 1 saturated heterocycles. The van der Waals surface area contributed by atoms with Crippen LogP contribution in [-0.4, -0.2) is 42.9 Å². The predicted molar refractivity (Wildman–Crippen MR) is 103 cm³/mol. The van der Waals surface area contributed by atoms with Crippen LogP contribution in [0.5, 0.6) is 5.75 Å². The molecule has 1 aliphatic heterocycles. The van der Waals surface area contributed by atoms with Crippen LogP contribution in [0.3, 0.4) is 0 Å². The number of benzene rings is 2. The standard InChI is InChI=1S/C22H23FN2O2/c1-26-21-11-5-2-7-17(21)22(24-13-15-27-16-14-24)20-10-6-12-25(20)19-9-4-3-8-18(19)23/h2-12,22H,13-16H2,1H3. The molecule has 0 spiro atoms. The third kappa shape index (κ3) is 3.48. The first-order valence-corrected chi connectivity index (χ1v) is 9.16. The Morgan fingerprint density at radius 1 is 0.963 bits per heavy atom. The van der Waals surface area contributed by atoms with Crippen LogP contribution in [0.15, 0.2) is 66.9 Å². The van der Waals surface area contributed by atoms with Crippen LogP contribution in [0.4, 0.5) is 4.39 Å². The Morgan fingerprint density at radius 3 is 2.48 bits per heavy atom. The molecular formula is C22H23FN2O2. The molecular weight excluding hydrogens is 343 g/mol. The van der Waals surface area contributed by atoms with E-state index in [0.717, 1.165) is 30.1 Å². The second kappa shape index (κ2) is 7.94. The van der Waals surface area contributed by atoms with Gasteiger partial charge >= 0.3 is 0 Å². The molecule has 0 amide bonds. The van der Waals surface area contributed by atoms with Gasteiger partial charge in [-0.15, -0.1) is 0 Å². The van der Waals surface area contributed by atoms with Gasteiger partial charge in [0.15, 0.2) is 0 Å². The number of morpholine rings is 1. The molecule has 3 aromatic rings. The lowest BCUT2D eigenvalue weighted by Gasteiger charge is -2.36. The van der Waals surface area contributed by atoms with Gasteiger partial charge in [0.2, 0.25) is 0 Å². The molecule has 2 heterocycles. The van der Waals surface area contributed by atoms with E-state index in [9.17, 15) is 4.39 Å². The zero-order valence-electron chi connectivity index (χ0n) is 15.3. The minimum Gasteiger partial charge on any atom is -0.496 e. The largest absolute Gasteiger partial charge is 0.496 e. The highest BCUT2D eigenvalue weighted by Crippen LogP contribution is 2.36. The number of para-hydroxylation sites is 2. The summed E-state index contributed by atoms with van der Waals surface area (Å²) >= 11 is 0. The van der Waals surface area contributed by atoms with Gasteiger partial charge in [0, 0.05) is 30.5 Å². The van der Waals surface area contributed by atoms with E-state index in [-0.39, 0.29) is 11.9 Å². The Kier molecular flexibility index (Phi) is 5.23. The van der Waals surface area contributed by atoms with Crippen molar-refractivity contribution >= 4 is 0 Å². The molecule has 1 unspecified atom stereocenters. The van der Waals surface area contributed by atoms with Gasteiger partial charge in [-0.2, -0.15) is 0 Å². The van der Waals surface area contributed by atoms with Crippen molar-refractivity contribution in [1.82, 2.24) is 9.47 Å². The van der Waals surface area contributed by atoms with Crippen molar-refractivity contribution in [3.63, 3.8) is 0 Å². The Bertz CT molecular complexity index is 903. The van der Waals surface area contributed by atoms with Crippen LogP contribution in [-0.2, 0) is 4.74 Å². The predicted octanol–water partition coefficient (Wildman–Crippen LogP) is 4.05. The summed E-state index contributed by atoms with van der Waals surface area (Å²) in [5, 5.41) is 0. The Labute approximate surface area is 158 Å². The molecule has 0 saturated carbocycles. The smallest absolute Gasteiger partial charge is 0.147 e. The van der Waals surface area contributed by atoms with Crippen LogP contribution < -0.4 is 4.74 Å². The second-order valence-electron chi connectivity index (χ2n) is 6.55. The Morgan fingerprint density at radius 2 is 1.70 bits per heavy atom. The lowest BCUT2D eigenvalue weighted by atomic mass is 10.00. The van der Waals surface area contributed by atoms with Crippen LogP contribution in [0.2, 0.25) is 0 Å². The van der Waals surface area contributed by atoms with Crippen LogP contribution in [0, 0.1) is 5.82 Å². The lowest BCUT2D eigenvalue weighted by Crippen LogP contribution is -2.40. The lowest BCUT2D eigenvalue weighted by molar-refractivity contribution is 0.0225. The summed E-state index contributed by atoms with van der Waals surface area (Å²) in [4.78, 5) is 2.37. The van der Waals surface area contributed by atoms with Crippen molar-refractivity contribution in [2.75, 3.05) is 33.4 Å². The van der Waals surface area contributed by atoms with Crippen molar-refractivity contribution in [3.8, 4) is 11.4 Å². The minimum atomic E-state index is -0.240. The minimum absolute atomic E-state index is 0.0559. The van der Waals surface area contributed by atoms with Crippen molar-refractivity contribution in [1.29, 1.82) is 0 Å². The van der Waals surface area contributed by atoms with Gasteiger partial charge in [0.1, 0.15) is 11.6 Å². The number of methoxy groups -OCH3 is 1. The average Bonchev–Trinajstić information content (AvgIpc) is 3.19. The molecule has 1 aliphatic rings. The first-order valence-electron chi connectivity index (χ1n) is 9.16. The van der Waals surface area contributed by atoms with Gasteiger partial charge in [-0.05, 0) is 30.3 Å². The Balaban J connectivity index is 1.85.